The molecule has 0 aromatic heterocycles. The molecular formula is C19H24N2O2. The average Bonchev–Trinajstić information content (AvgIpc) is 2.56. The number of carbonyl (C=O) groups excluding carboxylic acids is 1. The van der Waals surface area contributed by atoms with Crippen LogP contribution in [0.15, 0.2) is 48.5 Å². The Kier molecular flexibility index (Phi) is 6.03. The first kappa shape index (κ1) is 16.9. The molecule has 0 bridgehead atoms. The van der Waals surface area contributed by atoms with Crippen molar-refractivity contribution in [2.45, 2.75) is 19.9 Å². The number of amides is 2. The van der Waals surface area contributed by atoms with Gasteiger partial charge in [0.1, 0.15) is 5.75 Å². The van der Waals surface area contributed by atoms with Gasteiger partial charge in [-0.1, -0.05) is 42.5 Å². The van der Waals surface area contributed by atoms with Gasteiger partial charge in [-0.15, -0.1) is 0 Å². The summed E-state index contributed by atoms with van der Waals surface area (Å²) in [6.45, 7) is 3.21. The molecule has 0 aliphatic carbocycles. The number of urea groups is 1. The van der Waals surface area contributed by atoms with E-state index >= 15 is 0 Å². The van der Waals surface area contributed by atoms with Crippen LogP contribution in [0.2, 0.25) is 0 Å². The van der Waals surface area contributed by atoms with E-state index in [1.807, 2.05) is 43.3 Å². The molecule has 0 saturated heterocycles. The van der Waals surface area contributed by atoms with Gasteiger partial charge in [0.2, 0.25) is 0 Å². The van der Waals surface area contributed by atoms with Crippen molar-refractivity contribution in [2.24, 2.45) is 0 Å². The number of methoxy groups -OCH3 is 1. The van der Waals surface area contributed by atoms with Gasteiger partial charge < -0.3 is 15.0 Å². The van der Waals surface area contributed by atoms with E-state index in [0.717, 1.165) is 23.3 Å². The van der Waals surface area contributed by atoms with Crippen molar-refractivity contribution in [1.29, 1.82) is 0 Å². The van der Waals surface area contributed by atoms with E-state index in [-0.39, 0.29) is 6.03 Å². The third-order valence-corrected chi connectivity index (χ3v) is 3.76. The average molecular weight is 312 g/mol. The first-order chi connectivity index (χ1) is 11.1. The molecule has 0 radical (unpaired) electrons. The van der Waals surface area contributed by atoms with Crippen LogP contribution in [0.5, 0.6) is 5.75 Å². The third-order valence-electron chi connectivity index (χ3n) is 3.76. The third kappa shape index (κ3) is 5.02. The number of benzene rings is 2. The van der Waals surface area contributed by atoms with E-state index in [9.17, 15) is 4.79 Å². The summed E-state index contributed by atoms with van der Waals surface area (Å²) in [6.07, 6.45) is 0.835. The van der Waals surface area contributed by atoms with Crippen molar-refractivity contribution in [3.05, 3.63) is 65.2 Å². The lowest BCUT2D eigenvalue weighted by molar-refractivity contribution is 0.207. The summed E-state index contributed by atoms with van der Waals surface area (Å²) in [5.41, 5.74) is 3.38. The Morgan fingerprint density at radius 2 is 1.87 bits per heavy atom. The fourth-order valence-electron chi connectivity index (χ4n) is 2.48. The molecule has 0 heterocycles. The molecule has 4 nitrogen and oxygen atoms in total. The Morgan fingerprint density at radius 1 is 1.13 bits per heavy atom. The predicted octanol–water partition coefficient (Wildman–Crippen LogP) is 3.39. The van der Waals surface area contributed by atoms with E-state index in [2.05, 4.69) is 17.4 Å². The van der Waals surface area contributed by atoms with Gasteiger partial charge in [0.15, 0.2) is 0 Å². The van der Waals surface area contributed by atoms with Crippen LogP contribution in [0.1, 0.15) is 16.7 Å². The number of hydrogen-bond acceptors (Lipinski definition) is 2. The number of nitrogens with zero attached hydrogens (tertiary/aromatic N) is 1. The van der Waals surface area contributed by atoms with Gasteiger partial charge in [-0.25, -0.2) is 4.79 Å². The minimum atomic E-state index is -0.0607. The largest absolute Gasteiger partial charge is 0.496 e. The summed E-state index contributed by atoms with van der Waals surface area (Å²) in [5.74, 6) is 0.865. The van der Waals surface area contributed by atoms with Gasteiger partial charge in [0.25, 0.3) is 0 Å². The Morgan fingerprint density at radius 3 is 2.52 bits per heavy atom. The number of rotatable bonds is 6. The number of hydrogen-bond donors (Lipinski definition) is 1. The maximum atomic E-state index is 12.1. The summed E-state index contributed by atoms with van der Waals surface area (Å²) >= 11 is 0. The number of carbonyl (C=O) groups is 1. The van der Waals surface area contributed by atoms with Crippen LogP contribution in [0, 0.1) is 6.92 Å². The fourth-order valence-corrected chi connectivity index (χ4v) is 2.48. The fraction of sp³-hybridized carbons (Fsp3) is 0.316. The van der Waals surface area contributed by atoms with E-state index in [1.165, 1.54) is 5.56 Å². The topological polar surface area (TPSA) is 41.6 Å². The number of ether oxygens (including phenoxy) is 1. The highest BCUT2D eigenvalue weighted by Crippen LogP contribution is 2.19. The van der Waals surface area contributed by atoms with Crippen LogP contribution < -0.4 is 10.1 Å². The van der Waals surface area contributed by atoms with Crippen molar-refractivity contribution in [3.8, 4) is 5.75 Å². The second-order valence-electron chi connectivity index (χ2n) is 5.63. The second-order valence-corrected chi connectivity index (χ2v) is 5.63. The Labute approximate surface area is 138 Å². The summed E-state index contributed by atoms with van der Waals surface area (Å²) in [5, 5.41) is 2.95. The van der Waals surface area contributed by atoms with Crippen molar-refractivity contribution in [1.82, 2.24) is 10.2 Å². The van der Waals surface area contributed by atoms with Crippen LogP contribution in [0.25, 0.3) is 0 Å². The smallest absolute Gasteiger partial charge is 0.317 e. The summed E-state index contributed by atoms with van der Waals surface area (Å²) in [4.78, 5) is 13.8. The molecule has 0 fully saturated rings. The highest BCUT2D eigenvalue weighted by Gasteiger charge is 2.09. The van der Waals surface area contributed by atoms with Crippen LogP contribution in [-0.4, -0.2) is 31.6 Å². The molecule has 2 aromatic carbocycles. The zero-order valence-electron chi connectivity index (χ0n) is 14.0. The molecule has 0 atom stereocenters. The van der Waals surface area contributed by atoms with E-state index < -0.39 is 0 Å². The molecule has 0 unspecified atom stereocenters. The predicted molar refractivity (Wildman–Crippen MR) is 92.7 cm³/mol. The Bertz CT molecular complexity index is 641. The van der Waals surface area contributed by atoms with E-state index in [1.54, 1.807) is 19.1 Å². The normalized spacial score (nSPS) is 10.2. The molecule has 2 rings (SSSR count). The molecule has 2 aromatic rings. The minimum absolute atomic E-state index is 0.0607. The highest BCUT2D eigenvalue weighted by atomic mass is 16.5. The molecule has 1 N–H and O–H groups in total. The molecule has 0 spiro atoms. The first-order valence-electron chi connectivity index (χ1n) is 7.76. The van der Waals surface area contributed by atoms with Crippen molar-refractivity contribution >= 4 is 6.03 Å². The molecule has 0 aliphatic heterocycles. The van der Waals surface area contributed by atoms with Crippen LogP contribution in [-0.2, 0) is 13.0 Å². The minimum Gasteiger partial charge on any atom is -0.496 e. The standard InChI is InChI=1S/C19H24N2O2/c1-15-13-17(9-10-18(15)23-3)14-21(2)19(22)20-12-11-16-7-5-4-6-8-16/h4-10,13H,11-12,14H2,1-3H3,(H,20,22). The first-order valence-corrected chi connectivity index (χ1v) is 7.76. The van der Waals surface area contributed by atoms with Crippen LogP contribution >= 0.6 is 0 Å². The molecule has 4 heteroatoms. The van der Waals surface area contributed by atoms with Crippen LogP contribution in [0.3, 0.4) is 0 Å². The van der Waals surface area contributed by atoms with E-state index in [0.29, 0.717) is 13.1 Å². The summed E-state index contributed by atoms with van der Waals surface area (Å²) < 4.78 is 5.25. The van der Waals surface area contributed by atoms with Crippen LogP contribution in [0.4, 0.5) is 4.79 Å². The summed E-state index contributed by atoms with van der Waals surface area (Å²) in [7, 11) is 3.46. The Hall–Kier alpha value is -2.49. The van der Waals surface area contributed by atoms with Gasteiger partial charge in [0, 0.05) is 20.1 Å². The maximum Gasteiger partial charge on any atom is 0.317 e. The number of aryl methyl sites for hydroxylation is 1. The monoisotopic (exact) mass is 312 g/mol. The van der Waals surface area contributed by atoms with Gasteiger partial charge in [-0.05, 0) is 36.1 Å². The van der Waals surface area contributed by atoms with Gasteiger partial charge in [-0.2, -0.15) is 0 Å². The maximum absolute atomic E-state index is 12.1. The molecule has 2 amide bonds. The van der Waals surface area contributed by atoms with Crippen molar-refractivity contribution in [2.75, 3.05) is 20.7 Å². The van der Waals surface area contributed by atoms with Gasteiger partial charge in [0.05, 0.1) is 7.11 Å². The lowest BCUT2D eigenvalue weighted by atomic mass is 10.1. The zero-order valence-corrected chi connectivity index (χ0v) is 14.0. The highest BCUT2D eigenvalue weighted by molar-refractivity contribution is 5.73. The lowest BCUT2D eigenvalue weighted by Gasteiger charge is -2.19. The van der Waals surface area contributed by atoms with Crippen molar-refractivity contribution < 1.29 is 9.53 Å². The SMILES string of the molecule is COc1ccc(CN(C)C(=O)NCCc2ccccc2)cc1C. The molecular weight excluding hydrogens is 288 g/mol. The summed E-state index contributed by atoms with van der Waals surface area (Å²) in [6, 6.07) is 16.1. The second kappa shape index (κ2) is 8.22. The lowest BCUT2D eigenvalue weighted by Crippen LogP contribution is -2.37. The molecule has 122 valence electrons. The molecule has 0 saturated carbocycles. The van der Waals surface area contributed by atoms with Gasteiger partial charge >= 0.3 is 6.03 Å². The van der Waals surface area contributed by atoms with Crippen molar-refractivity contribution in [3.63, 3.8) is 0 Å². The quantitative estimate of drug-likeness (QED) is 0.888. The van der Waals surface area contributed by atoms with E-state index in [4.69, 9.17) is 4.74 Å². The molecule has 0 aliphatic rings. The Balaban J connectivity index is 1.81. The number of nitrogens with one attached hydrogen (secondary N) is 1. The van der Waals surface area contributed by atoms with Gasteiger partial charge in [-0.3, -0.25) is 0 Å². The zero-order chi connectivity index (χ0) is 16.7. The molecule has 23 heavy (non-hydrogen) atoms.